The van der Waals surface area contributed by atoms with Gasteiger partial charge in [-0.2, -0.15) is 0 Å². The molecule has 0 bridgehead atoms. The fraction of sp³-hybridized carbons (Fsp3) is 0.211. The van der Waals surface area contributed by atoms with Crippen LogP contribution in [0.1, 0.15) is 26.5 Å². The van der Waals surface area contributed by atoms with Gasteiger partial charge in [0.2, 0.25) is 0 Å². The zero-order valence-electron chi connectivity index (χ0n) is 14.6. The largest absolute Gasteiger partial charge is 0.317 e. The number of amides is 1. The fourth-order valence-corrected chi connectivity index (χ4v) is 3.47. The van der Waals surface area contributed by atoms with E-state index in [1.165, 1.54) is 21.5 Å². The van der Waals surface area contributed by atoms with Crippen LogP contribution in [0.15, 0.2) is 41.3 Å². The molecule has 0 aliphatic rings. The average molecular weight is 353 g/mol. The molecule has 3 rings (SSSR count). The first kappa shape index (κ1) is 17.1. The lowest BCUT2D eigenvalue weighted by Gasteiger charge is -2.07. The maximum atomic E-state index is 12.5. The Bertz CT molecular complexity index is 1020. The summed E-state index contributed by atoms with van der Waals surface area (Å²) in [5, 5.41) is 3.47. The number of hydrogen-bond acceptors (Lipinski definition) is 4. The van der Waals surface area contributed by atoms with Crippen molar-refractivity contribution in [3.05, 3.63) is 68.6 Å². The van der Waals surface area contributed by atoms with Crippen molar-refractivity contribution in [1.82, 2.24) is 9.55 Å². The summed E-state index contributed by atoms with van der Waals surface area (Å²) in [6.45, 7) is 5.91. The molecular formula is C19H19N3O2S. The quantitative estimate of drug-likeness (QED) is 0.781. The van der Waals surface area contributed by atoms with Crippen LogP contribution in [0.2, 0.25) is 0 Å². The van der Waals surface area contributed by atoms with Crippen LogP contribution in [0.25, 0.3) is 10.6 Å². The van der Waals surface area contributed by atoms with Crippen LogP contribution in [-0.2, 0) is 7.05 Å². The summed E-state index contributed by atoms with van der Waals surface area (Å²) >= 11 is 1.31. The molecule has 0 radical (unpaired) electrons. The Kier molecular flexibility index (Phi) is 4.55. The first-order valence-corrected chi connectivity index (χ1v) is 8.70. The van der Waals surface area contributed by atoms with E-state index in [4.69, 9.17) is 0 Å². The monoisotopic (exact) mass is 353 g/mol. The number of pyridine rings is 1. The first-order valence-electron chi connectivity index (χ1n) is 7.88. The second kappa shape index (κ2) is 6.64. The lowest BCUT2D eigenvalue weighted by atomic mass is 10.1. The third-order valence-corrected chi connectivity index (χ3v) is 5.17. The standard InChI is InChI=1S/C19H19N3O2S/c1-11-5-7-14(12(2)9-11)18-20-10-16(25-18)17(23)21-15-8-6-13(3)22(4)19(15)24/h5-10H,1-4H3,(H,21,23). The molecule has 1 aromatic carbocycles. The summed E-state index contributed by atoms with van der Waals surface area (Å²) in [6.07, 6.45) is 1.55. The Labute approximate surface area is 150 Å². The van der Waals surface area contributed by atoms with Crippen molar-refractivity contribution in [2.75, 3.05) is 5.32 Å². The highest BCUT2D eigenvalue weighted by atomic mass is 32.1. The van der Waals surface area contributed by atoms with Gasteiger partial charge >= 0.3 is 0 Å². The Balaban J connectivity index is 1.86. The third-order valence-electron chi connectivity index (χ3n) is 4.15. The van der Waals surface area contributed by atoms with Crippen LogP contribution < -0.4 is 10.9 Å². The van der Waals surface area contributed by atoms with E-state index in [0.29, 0.717) is 4.88 Å². The first-order chi connectivity index (χ1) is 11.9. The molecule has 1 N–H and O–H groups in total. The summed E-state index contributed by atoms with van der Waals surface area (Å²) in [6, 6.07) is 9.55. The minimum absolute atomic E-state index is 0.229. The molecular weight excluding hydrogens is 334 g/mol. The number of nitrogens with one attached hydrogen (secondary N) is 1. The number of benzene rings is 1. The van der Waals surface area contributed by atoms with Crippen molar-refractivity contribution in [2.45, 2.75) is 20.8 Å². The van der Waals surface area contributed by atoms with Gasteiger partial charge in [0.25, 0.3) is 11.5 Å². The molecule has 1 amide bonds. The van der Waals surface area contributed by atoms with E-state index in [1.54, 1.807) is 25.4 Å². The second-order valence-electron chi connectivity index (χ2n) is 6.05. The van der Waals surface area contributed by atoms with E-state index in [-0.39, 0.29) is 17.2 Å². The van der Waals surface area contributed by atoms with E-state index < -0.39 is 0 Å². The number of carbonyl (C=O) groups excluding carboxylic acids is 1. The van der Waals surface area contributed by atoms with Gasteiger partial charge in [-0.3, -0.25) is 9.59 Å². The molecule has 0 atom stereocenters. The molecule has 3 aromatic rings. The number of hydrogen-bond donors (Lipinski definition) is 1. The minimum atomic E-state index is -0.325. The highest BCUT2D eigenvalue weighted by molar-refractivity contribution is 7.17. The molecule has 2 heterocycles. The van der Waals surface area contributed by atoms with Gasteiger partial charge < -0.3 is 9.88 Å². The summed E-state index contributed by atoms with van der Waals surface area (Å²) < 4.78 is 1.50. The number of thiazole rings is 1. The fourth-order valence-electron chi connectivity index (χ4n) is 2.56. The van der Waals surface area contributed by atoms with Crippen molar-refractivity contribution < 1.29 is 4.79 Å². The lowest BCUT2D eigenvalue weighted by Crippen LogP contribution is -2.24. The van der Waals surface area contributed by atoms with Gasteiger partial charge in [0.05, 0.1) is 6.20 Å². The van der Waals surface area contributed by atoms with E-state index >= 15 is 0 Å². The predicted molar refractivity (Wildman–Crippen MR) is 101 cm³/mol. The van der Waals surface area contributed by atoms with Crippen molar-refractivity contribution in [2.24, 2.45) is 7.05 Å². The van der Waals surface area contributed by atoms with Gasteiger partial charge in [0, 0.05) is 18.3 Å². The molecule has 2 aromatic heterocycles. The Morgan fingerprint density at radius 2 is 1.92 bits per heavy atom. The zero-order valence-corrected chi connectivity index (χ0v) is 15.4. The molecule has 0 unspecified atom stereocenters. The van der Waals surface area contributed by atoms with Crippen molar-refractivity contribution in [3.63, 3.8) is 0 Å². The molecule has 0 aliphatic carbocycles. The van der Waals surface area contributed by atoms with Crippen molar-refractivity contribution in [3.8, 4) is 10.6 Å². The summed E-state index contributed by atoms with van der Waals surface area (Å²) in [7, 11) is 1.68. The number of aryl methyl sites for hydroxylation is 3. The molecule has 0 aliphatic heterocycles. The Morgan fingerprint density at radius 3 is 2.64 bits per heavy atom. The number of aromatic nitrogens is 2. The number of anilines is 1. The summed E-state index contributed by atoms with van der Waals surface area (Å²) in [5.41, 5.74) is 4.19. The lowest BCUT2D eigenvalue weighted by molar-refractivity contribution is 0.103. The summed E-state index contributed by atoms with van der Waals surface area (Å²) in [5.74, 6) is -0.325. The SMILES string of the molecule is Cc1ccc(-c2ncc(C(=O)Nc3ccc(C)n(C)c3=O)s2)c(C)c1. The maximum absolute atomic E-state index is 12.5. The molecule has 0 saturated heterocycles. The van der Waals surface area contributed by atoms with Crippen LogP contribution in [0.5, 0.6) is 0 Å². The number of nitrogens with zero attached hydrogens (tertiary/aromatic N) is 2. The molecule has 128 valence electrons. The van der Waals surface area contributed by atoms with Gasteiger partial charge in [-0.15, -0.1) is 11.3 Å². The molecule has 0 saturated carbocycles. The van der Waals surface area contributed by atoms with Crippen molar-refractivity contribution >= 4 is 22.9 Å². The highest BCUT2D eigenvalue weighted by Crippen LogP contribution is 2.28. The smallest absolute Gasteiger partial charge is 0.274 e. The van der Waals surface area contributed by atoms with Gasteiger partial charge in [-0.25, -0.2) is 4.98 Å². The van der Waals surface area contributed by atoms with Crippen LogP contribution in [0, 0.1) is 20.8 Å². The number of carbonyl (C=O) groups is 1. The Morgan fingerprint density at radius 1 is 1.16 bits per heavy atom. The van der Waals surface area contributed by atoms with E-state index in [2.05, 4.69) is 16.4 Å². The topological polar surface area (TPSA) is 64.0 Å². The molecule has 6 heteroatoms. The van der Waals surface area contributed by atoms with Gasteiger partial charge in [0.1, 0.15) is 15.6 Å². The normalized spacial score (nSPS) is 10.7. The van der Waals surface area contributed by atoms with Crippen LogP contribution in [0.4, 0.5) is 5.69 Å². The summed E-state index contributed by atoms with van der Waals surface area (Å²) in [4.78, 5) is 29.5. The van der Waals surface area contributed by atoms with Crippen LogP contribution in [0.3, 0.4) is 0 Å². The van der Waals surface area contributed by atoms with Crippen LogP contribution in [-0.4, -0.2) is 15.5 Å². The third kappa shape index (κ3) is 3.39. The van der Waals surface area contributed by atoms with Crippen molar-refractivity contribution in [1.29, 1.82) is 0 Å². The average Bonchev–Trinajstić information content (AvgIpc) is 3.05. The van der Waals surface area contributed by atoms with Gasteiger partial charge in [-0.05, 0) is 38.5 Å². The highest BCUT2D eigenvalue weighted by Gasteiger charge is 2.15. The molecule has 25 heavy (non-hydrogen) atoms. The van der Waals surface area contributed by atoms with E-state index in [0.717, 1.165) is 21.8 Å². The number of rotatable bonds is 3. The second-order valence-corrected chi connectivity index (χ2v) is 7.09. The maximum Gasteiger partial charge on any atom is 0.274 e. The minimum Gasteiger partial charge on any atom is -0.317 e. The van der Waals surface area contributed by atoms with Gasteiger partial charge in [-0.1, -0.05) is 23.8 Å². The Hall–Kier alpha value is -2.73. The van der Waals surface area contributed by atoms with Gasteiger partial charge in [0.15, 0.2) is 0 Å². The predicted octanol–water partition coefficient (Wildman–Crippen LogP) is 3.69. The molecule has 0 spiro atoms. The van der Waals surface area contributed by atoms with Crippen LogP contribution >= 0.6 is 11.3 Å². The zero-order chi connectivity index (χ0) is 18.1. The molecule has 0 fully saturated rings. The van der Waals surface area contributed by atoms with E-state index in [9.17, 15) is 9.59 Å². The molecule has 5 nitrogen and oxygen atoms in total. The van der Waals surface area contributed by atoms with E-state index in [1.807, 2.05) is 32.9 Å².